The molecule has 0 saturated carbocycles. The second kappa shape index (κ2) is 4.74. The van der Waals surface area contributed by atoms with Gasteiger partial charge >= 0.3 is 5.97 Å². The van der Waals surface area contributed by atoms with E-state index in [2.05, 4.69) is 0 Å². The molecule has 0 radical (unpaired) electrons. The van der Waals surface area contributed by atoms with E-state index in [0.29, 0.717) is 11.1 Å². The van der Waals surface area contributed by atoms with Crippen LogP contribution in [0, 0.1) is 0 Å². The highest BCUT2D eigenvalue weighted by atomic mass is 32.1. The highest BCUT2D eigenvalue weighted by Gasteiger charge is 2.41. The number of fused-ring (bicyclic) bond motifs is 1. The number of carboxylic acid groups (broad SMARTS) is 1. The minimum absolute atomic E-state index is 0.357. The fraction of sp³-hybridized carbons (Fsp3) is 0.0625. The zero-order valence-electron chi connectivity index (χ0n) is 10.5. The van der Waals surface area contributed by atoms with E-state index in [1.54, 1.807) is 35.7 Å². The molecule has 3 nitrogen and oxygen atoms in total. The van der Waals surface area contributed by atoms with Gasteiger partial charge in [0, 0.05) is 10.3 Å². The highest BCUT2D eigenvalue weighted by molar-refractivity contribution is 7.17. The van der Waals surface area contributed by atoms with Gasteiger partial charge in [-0.3, -0.25) is 0 Å². The van der Waals surface area contributed by atoms with Gasteiger partial charge in [-0.2, -0.15) is 0 Å². The third-order valence-electron chi connectivity index (χ3n) is 3.37. The maximum absolute atomic E-state index is 11.7. The van der Waals surface area contributed by atoms with Gasteiger partial charge in [-0.1, -0.05) is 48.5 Å². The molecule has 1 atom stereocenters. The molecule has 0 spiro atoms. The van der Waals surface area contributed by atoms with Crippen LogP contribution in [0.4, 0.5) is 0 Å². The summed E-state index contributed by atoms with van der Waals surface area (Å²) >= 11 is 1.43. The van der Waals surface area contributed by atoms with Gasteiger partial charge in [-0.05, 0) is 22.4 Å². The third kappa shape index (κ3) is 1.81. The molecule has 100 valence electrons. The van der Waals surface area contributed by atoms with Crippen LogP contribution in [-0.4, -0.2) is 16.2 Å². The predicted octanol–water partition coefficient (Wildman–Crippen LogP) is 3.22. The molecule has 0 aliphatic heterocycles. The molecule has 0 fully saturated rings. The Balaban J connectivity index is 2.29. The Morgan fingerprint density at radius 1 is 1.00 bits per heavy atom. The Hall–Kier alpha value is -2.17. The fourth-order valence-corrected chi connectivity index (χ4v) is 3.34. The first-order chi connectivity index (χ1) is 9.64. The van der Waals surface area contributed by atoms with Crippen LogP contribution < -0.4 is 0 Å². The molecule has 1 aromatic heterocycles. The van der Waals surface area contributed by atoms with Crippen molar-refractivity contribution in [2.45, 2.75) is 5.60 Å². The number of rotatable bonds is 3. The zero-order chi connectivity index (χ0) is 14.2. The van der Waals surface area contributed by atoms with Gasteiger partial charge in [0.2, 0.25) is 5.60 Å². The van der Waals surface area contributed by atoms with E-state index in [1.807, 2.05) is 24.3 Å². The van der Waals surface area contributed by atoms with Gasteiger partial charge in [-0.25, -0.2) is 4.79 Å². The summed E-state index contributed by atoms with van der Waals surface area (Å²) in [6.07, 6.45) is 0. The van der Waals surface area contributed by atoms with Crippen molar-refractivity contribution in [2.75, 3.05) is 0 Å². The molecular weight excluding hydrogens is 272 g/mol. The summed E-state index contributed by atoms with van der Waals surface area (Å²) in [6.45, 7) is 0. The lowest BCUT2D eigenvalue weighted by Gasteiger charge is -2.23. The summed E-state index contributed by atoms with van der Waals surface area (Å²) in [5.74, 6) is -1.27. The third-order valence-corrected chi connectivity index (χ3v) is 4.34. The monoisotopic (exact) mass is 284 g/mol. The maximum atomic E-state index is 11.7. The minimum Gasteiger partial charge on any atom is -0.479 e. The van der Waals surface area contributed by atoms with Crippen molar-refractivity contribution in [2.24, 2.45) is 0 Å². The SMILES string of the molecule is O=C(O)C(O)(c1ccccc1)c1csc2ccccc12. The van der Waals surface area contributed by atoms with Crippen molar-refractivity contribution in [3.63, 3.8) is 0 Å². The average Bonchev–Trinajstić information content (AvgIpc) is 2.91. The van der Waals surface area contributed by atoms with Crippen molar-refractivity contribution in [3.05, 3.63) is 71.1 Å². The van der Waals surface area contributed by atoms with Crippen LogP contribution in [0.25, 0.3) is 10.1 Å². The largest absolute Gasteiger partial charge is 0.479 e. The number of hydrogen-bond acceptors (Lipinski definition) is 3. The van der Waals surface area contributed by atoms with Crippen molar-refractivity contribution in [3.8, 4) is 0 Å². The molecule has 3 aromatic rings. The van der Waals surface area contributed by atoms with Crippen LogP contribution in [0.5, 0.6) is 0 Å². The molecule has 3 rings (SSSR count). The average molecular weight is 284 g/mol. The lowest BCUT2D eigenvalue weighted by molar-refractivity contribution is -0.154. The van der Waals surface area contributed by atoms with Gasteiger partial charge < -0.3 is 10.2 Å². The van der Waals surface area contributed by atoms with Crippen molar-refractivity contribution >= 4 is 27.4 Å². The van der Waals surface area contributed by atoms with E-state index in [0.717, 1.165) is 10.1 Å². The number of aliphatic carboxylic acids is 1. The number of benzene rings is 2. The normalized spacial score (nSPS) is 14.1. The van der Waals surface area contributed by atoms with Gasteiger partial charge in [0.25, 0.3) is 0 Å². The van der Waals surface area contributed by atoms with E-state index in [9.17, 15) is 15.0 Å². The van der Waals surface area contributed by atoms with Crippen molar-refractivity contribution in [1.29, 1.82) is 0 Å². The Labute approximate surface area is 119 Å². The first-order valence-electron chi connectivity index (χ1n) is 6.12. The first kappa shape index (κ1) is 12.8. The Morgan fingerprint density at radius 3 is 2.35 bits per heavy atom. The predicted molar refractivity (Wildman–Crippen MR) is 78.9 cm³/mol. The van der Waals surface area contributed by atoms with E-state index in [4.69, 9.17) is 0 Å². The molecule has 2 aromatic carbocycles. The van der Waals surface area contributed by atoms with Gasteiger partial charge in [0.1, 0.15) is 0 Å². The van der Waals surface area contributed by atoms with E-state index >= 15 is 0 Å². The highest BCUT2D eigenvalue weighted by Crippen LogP contribution is 2.38. The van der Waals surface area contributed by atoms with Crippen LogP contribution in [0.3, 0.4) is 0 Å². The number of aliphatic hydroxyl groups is 1. The van der Waals surface area contributed by atoms with Gasteiger partial charge in [0.05, 0.1) is 0 Å². The van der Waals surface area contributed by atoms with Crippen LogP contribution in [0.2, 0.25) is 0 Å². The summed E-state index contributed by atoms with van der Waals surface area (Å²) in [6, 6.07) is 16.0. The zero-order valence-corrected chi connectivity index (χ0v) is 11.3. The first-order valence-corrected chi connectivity index (χ1v) is 7.00. The molecule has 0 aliphatic rings. The molecule has 0 bridgehead atoms. The van der Waals surface area contributed by atoms with Gasteiger partial charge in [0.15, 0.2) is 0 Å². The molecule has 1 heterocycles. The minimum atomic E-state index is -2.03. The second-order valence-electron chi connectivity index (χ2n) is 4.53. The van der Waals surface area contributed by atoms with Crippen LogP contribution in [0.1, 0.15) is 11.1 Å². The standard InChI is InChI=1S/C16H12O3S/c17-15(18)16(19,11-6-2-1-3-7-11)13-10-20-14-9-5-4-8-12(13)14/h1-10,19H,(H,17,18). The van der Waals surface area contributed by atoms with Crippen LogP contribution in [0.15, 0.2) is 60.0 Å². The Morgan fingerprint density at radius 2 is 1.65 bits per heavy atom. The van der Waals surface area contributed by atoms with Crippen LogP contribution in [-0.2, 0) is 10.4 Å². The molecule has 1 unspecified atom stereocenters. The van der Waals surface area contributed by atoms with E-state index in [1.165, 1.54) is 11.3 Å². The molecule has 20 heavy (non-hydrogen) atoms. The lowest BCUT2D eigenvalue weighted by Crippen LogP contribution is -2.36. The molecule has 2 N–H and O–H groups in total. The summed E-state index contributed by atoms with van der Waals surface area (Å²) in [7, 11) is 0. The Kier molecular flexibility index (Phi) is 3.04. The number of carboxylic acids is 1. The summed E-state index contributed by atoms with van der Waals surface area (Å²) in [5.41, 5.74) is -1.26. The molecule has 0 aliphatic carbocycles. The fourth-order valence-electron chi connectivity index (χ4n) is 2.33. The maximum Gasteiger partial charge on any atom is 0.345 e. The summed E-state index contributed by atoms with van der Waals surface area (Å²) in [5, 5.41) is 22.9. The lowest BCUT2D eigenvalue weighted by atomic mass is 9.86. The molecule has 0 saturated heterocycles. The smallest absolute Gasteiger partial charge is 0.345 e. The molecule has 4 heteroatoms. The quantitative estimate of drug-likeness (QED) is 0.776. The van der Waals surface area contributed by atoms with E-state index < -0.39 is 11.6 Å². The molecule has 0 amide bonds. The Bertz CT molecular complexity index is 764. The van der Waals surface area contributed by atoms with Crippen LogP contribution >= 0.6 is 11.3 Å². The summed E-state index contributed by atoms with van der Waals surface area (Å²) in [4.78, 5) is 11.7. The number of carbonyl (C=O) groups is 1. The number of thiophene rings is 1. The van der Waals surface area contributed by atoms with Crippen molar-refractivity contribution in [1.82, 2.24) is 0 Å². The number of hydrogen-bond donors (Lipinski definition) is 2. The topological polar surface area (TPSA) is 57.5 Å². The molecular formula is C16H12O3S. The second-order valence-corrected chi connectivity index (χ2v) is 5.44. The van der Waals surface area contributed by atoms with Crippen molar-refractivity contribution < 1.29 is 15.0 Å². The summed E-state index contributed by atoms with van der Waals surface area (Å²) < 4.78 is 0.957. The van der Waals surface area contributed by atoms with E-state index in [-0.39, 0.29) is 0 Å². The van der Waals surface area contributed by atoms with Gasteiger partial charge in [-0.15, -0.1) is 11.3 Å².